The minimum atomic E-state index is -0.446. The number of aromatic amines is 1. The molecule has 1 fully saturated rings. The number of anilines is 2. The monoisotopic (exact) mass is 534 g/mol. The number of nitrogens with zero attached hydrogens (tertiary/aromatic N) is 3. The van der Waals surface area contributed by atoms with Gasteiger partial charge in [-0.3, -0.25) is 14.9 Å². The van der Waals surface area contributed by atoms with Crippen LogP contribution in [0.4, 0.5) is 17.1 Å². The highest BCUT2D eigenvalue weighted by Gasteiger charge is 2.30. The number of benzene rings is 3. The number of nitro groups is 1. The number of hydrogen-bond acceptors (Lipinski definition) is 6. The number of carbonyl (C=O) groups is 1. The molecule has 0 aliphatic carbocycles. The molecule has 0 saturated carbocycles. The first-order valence-electron chi connectivity index (χ1n) is 13.5. The number of carbonyl (C=O) groups excluding carboxylic acids is 1. The molecule has 4 aromatic rings. The van der Waals surface area contributed by atoms with Crippen LogP contribution >= 0.6 is 0 Å². The first-order valence-corrected chi connectivity index (χ1v) is 13.5. The number of hydrogen-bond donors (Lipinski definition) is 3. The van der Waals surface area contributed by atoms with Crippen LogP contribution in [0.25, 0.3) is 22.5 Å². The maximum atomic E-state index is 13.3. The average molecular weight is 535 g/mol. The van der Waals surface area contributed by atoms with Crippen LogP contribution in [0.2, 0.25) is 0 Å². The number of nitrogens with one attached hydrogen (secondary N) is 3. The van der Waals surface area contributed by atoms with Crippen molar-refractivity contribution in [3.8, 4) is 11.3 Å². The van der Waals surface area contributed by atoms with Crippen LogP contribution < -0.4 is 10.6 Å². The van der Waals surface area contributed by atoms with E-state index >= 15 is 0 Å². The predicted molar refractivity (Wildman–Crippen MR) is 157 cm³/mol. The zero-order valence-corrected chi connectivity index (χ0v) is 22.2. The van der Waals surface area contributed by atoms with Crippen molar-refractivity contribution in [1.29, 1.82) is 0 Å². The van der Waals surface area contributed by atoms with Crippen LogP contribution in [-0.4, -0.2) is 45.3 Å². The summed E-state index contributed by atoms with van der Waals surface area (Å²) >= 11 is 0. The lowest BCUT2D eigenvalue weighted by Crippen LogP contribution is -2.21. The number of fused-ring (bicyclic) bond motifs is 1. The average Bonchev–Trinajstić information content (AvgIpc) is 3.71. The third kappa shape index (κ3) is 5.23. The molecule has 0 atom stereocenters. The van der Waals surface area contributed by atoms with Crippen LogP contribution in [0.3, 0.4) is 0 Å². The summed E-state index contributed by atoms with van der Waals surface area (Å²) in [5, 5.41) is 17.8. The van der Waals surface area contributed by atoms with Gasteiger partial charge in [0.25, 0.3) is 11.6 Å². The number of H-pyrrole nitrogens is 1. The number of non-ortho nitro benzene ring substituents is 1. The van der Waals surface area contributed by atoms with Gasteiger partial charge in [-0.1, -0.05) is 36.4 Å². The largest absolute Gasteiger partial charge is 0.354 e. The van der Waals surface area contributed by atoms with Crippen LogP contribution in [0.5, 0.6) is 0 Å². The number of nitro benzene ring substituents is 1. The van der Waals surface area contributed by atoms with Crippen molar-refractivity contribution < 1.29 is 9.72 Å². The number of aryl methyl sites for hydroxylation is 1. The van der Waals surface area contributed by atoms with E-state index in [2.05, 4.69) is 37.6 Å². The fourth-order valence-corrected chi connectivity index (χ4v) is 5.36. The Labute approximate surface area is 232 Å². The van der Waals surface area contributed by atoms with E-state index in [4.69, 9.17) is 0 Å². The van der Waals surface area contributed by atoms with Gasteiger partial charge in [0, 0.05) is 47.4 Å². The molecule has 0 spiro atoms. The Morgan fingerprint density at radius 2 is 1.80 bits per heavy atom. The summed E-state index contributed by atoms with van der Waals surface area (Å²) in [6.45, 7) is 5.27. The van der Waals surface area contributed by atoms with Gasteiger partial charge in [0.15, 0.2) is 0 Å². The molecule has 3 heterocycles. The molecule has 2 aliphatic heterocycles. The highest BCUT2D eigenvalue weighted by molar-refractivity contribution is 6.37. The Morgan fingerprint density at radius 3 is 2.48 bits per heavy atom. The summed E-state index contributed by atoms with van der Waals surface area (Å²) in [4.78, 5) is 34.4. The fourth-order valence-electron chi connectivity index (χ4n) is 5.36. The van der Waals surface area contributed by atoms with E-state index in [1.54, 1.807) is 6.07 Å². The van der Waals surface area contributed by atoms with E-state index in [-0.39, 0.29) is 11.6 Å². The lowest BCUT2D eigenvalue weighted by Gasteiger charge is -2.17. The first kappa shape index (κ1) is 25.5. The highest BCUT2D eigenvalue weighted by Crippen LogP contribution is 2.39. The van der Waals surface area contributed by atoms with Gasteiger partial charge in [0.05, 0.1) is 21.9 Å². The molecule has 1 amide bonds. The van der Waals surface area contributed by atoms with Gasteiger partial charge in [-0.05, 0) is 68.6 Å². The lowest BCUT2D eigenvalue weighted by atomic mass is 9.98. The summed E-state index contributed by atoms with van der Waals surface area (Å²) in [6, 6.07) is 20.5. The smallest absolute Gasteiger partial charge is 0.270 e. The van der Waals surface area contributed by atoms with Crippen LogP contribution in [-0.2, 0) is 11.2 Å². The van der Waals surface area contributed by atoms with E-state index in [1.807, 2.05) is 49.5 Å². The second-order valence-electron chi connectivity index (χ2n) is 10.3. The molecule has 9 nitrogen and oxygen atoms in total. The Morgan fingerprint density at radius 1 is 1.05 bits per heavy atom. The van der Waals surface area contributed by atoms with Gasteiger partial charge >= 0.3 is 0 Å². The van der Waals surface area contributed by atoms with Crippen molar-refractivity contribution in [3.63, 3.8) is 0 Å². The van der Waals surface area contributed by atoms with Crippen molar-refractivity contribution in [1.82, 2.24) is 14.9 Å². The first-order chi connectivity index (χ1) is 19.4. The van der Waals surface area contributed by atoms with Gasteiger partial charge in [0.2, 0.25) is 0 Å². The molecular weight excluding hydrogens is 504 g/mol. The molecule has 0 bridgehead atoms. The van der Waals surface area contributed by atoms with E-state index in [0.717, 1.165) is 54.4 Å². The molecule has 1 saturated heterocycles. The Hall–Kier alpha value is -4.76. The molecular formula is C31H30N6O3. The number of amides is 1. The minimum Gasteiger partial charge on any atom is -0.354 e. The molecule has 1 aromatic heterocycles. The number of imidazole rings is 1. The zero-order valence-electron chi connectivity index (χ0n) is 22.2. The van der Waals surface area contributed by atoms with E-state index in [0.29, 0.717) is 22.5 Å². The second kappa shape index (κ2) is 10.8. The van der Waals surface area contributed by atoms with Crippen LogP contribution in [0, 0.1) is 17.0 Å². The van der Waals surface area contributed by atoms with Gasteiger partial charge in [-0.25, -0.2) is 4.98 Å². The molecule has 0 radical (unpaired) electrons. The molecule has 40 heavy (non-hydrogen) atoms. The van der Waals surface area contributed by atoms with Gasteiger partial charge in [-0.15, -0.1) is 0 Å². The molecule has 3 aromatic carbocycles. The number of rotatable bonds is 8. The summed E-state index contributed by atoms with van der Waals surface area (Å²) in [5.41, 5.74) is 6.59. The standard InChI is InChI=1S/C31H30N6O3/c1-20-32-19-28(33-20)22-8-10-24(11-9-22)34-30(23-6-4-21(5-7-23)14-17-36-15-2-3-16-36)29-26-18-25(37(39)40)12-13-27(26)35-31(29)38/h4-13,18-19,34H,2-3,14-17H2,1H3,(H,32,33)(H,35,38). The van der Waals surface area contributed by atoms with Gasteiger partial charge in [-0.2, -0.15) is 0 Å². The van der Waals surface area contributed by atoms with Crippen molar-refractivity contribution in [2.45, 2.75) is 26.2 Å². The fraction of sp³-hybridized carbons (Fsp3) is 0.226. The van der Waals surface area contributed by atoms with Crippen LogP contribution in [0.1, 0.15) is 35.4 Å². The van der Waals surface area contributed by atoms with Crippen molar-refractivity contribution in [3.05, 3.63) is 106 Å². The summed E-state index contributed by atoms with van der Waals surface area (Å²) < 4.78 is 0. The zero-order chi connectivity index (χ0) is 27.6. The van der Waals surface area contributed by atoms with E-state index in [1.165, 1.54) is 30.5 Å². The number of aromatic nitrogens is 2. The maximum absolute atomic E-state index is 13.3. The van der Waals surface area contributed by atoms with Gasteiger partial charge < -0.3 is 20.5 Å². The maximum Gasteiger partial charge on any atom is 0.270 e. The molecule has 3 N–H and O–H groups in total. The minimum absolute atomic E-state index is 0.0667. The lowest BCUT2D eigenvalue weighted by molar-refractivity contribution is -0.384. The van der Waals surface area contributed by atoms with Crippen molar-refractivity contribution in [2.75, 3.05) is 30.3 Å². The van der Waals surface area contributed by atoms with Gasteiger partial charge in [0.1, 0.15) is 5.82 Å². The van der Waals surface area contributed by atoms with Crippen molar-refractivity contribution >= 4 is 34.2 Å². The molecule has 2 aliphatic rings. The quantitative estimate of drug-likeness (QED) is 0.148. The Balaban J connectivity index is 1.36. The predicted octanol–water partition coefficient (Wildman–Crippen LogP) is 5.86. The molecule has 9 heteroatoms. The molecule has 6 rings (SSSR count). The molecule has 0 unspecified atom stereocenters. The highest BCUT2D eigenvalue weighted by atomic mass is 16.6. The normalized spacial score (nSPS) is 16.1. The third-order valence-electron chi connectivity index (χ3n) is 7.52. The topological polar surface area (TPSA) is 116 Å². The van der Waals surface area contributed by atoms with E-state index in [9.17, 15) is 14.9 Å². The molecule has 202 valence electrons. The Bertz CT molecular complexity index is 1600. The summed E-state index contributed by atoms with van der Waals surface area (Å²) in [5.74, 6) is 0.535. The van der Waals surface area contributed by atoms with E-state index < -0.39 is 4.92 Å². The van der Waals surface area contributed by atoms with Crippen molar-refractivity contribution in [2.24, 2.45) is 0 Å². The summed E-state index contributed by atoms with van der Waals surface area (Å²) in [7, 11) is 0. The third-order valence-corrected chi connectivity index (χ3v) is 7.52. The Kier molecular flexibility index (Phi) is 6.88. The summed E-state index contributed by atoms with van der Waals surface area (Å²) in [6.07, 6.45) is 5.36. The second-order valence-corrected chi connectivity index (χ2v) is 10.3. The SMILES string of the molecule is Cc1nc(-c2ccc(NC(=C3C(=O)Nc4ccc([N+](=O)[O-])cc43)c3ccc(CCN4CCCC4)cc3)cc2)c[nH]1. The van der Waals surface area contributed by atoms with Crippen LogP contribution in [0.15, 0.2) is 72.9 Å². The number of likely N-dealkylation sites (tertiary alicyclic amines) is 1.